The van der Waals surface area contributed by atoms with Crippen LogP contribution in [0.3, 0.4) is 0 Å². The maximum Gasteiger partial charge on any atom is 0.303 e. The van der Waals surface area contributed by atoms with Gasteiger partial charge in [0.15, 0.2) is 0 Å². The molecule has 0 saturated heterocycles. The maximum atomic E-state index is 10.7. The maximum absolute atomic E-state index is 10.7. The second-order valence-electron chi connectivity index (χ2n) is 5.34. The molecule has 0 amide bonds. The molecule has 19 heavy (non-hydrogen) atoms. The first-order valence-corrected chi connectivity index (χ1v) is 7.79. The zero-order chi connectivity index (χ0) is 13.7. The van der Waals surface area contributed by atoms with Crippen LogP contribution in [0, 0.1) is 5.41 Å². The van der Waals surface area contributed by atoms with Crippen LogP contribution in [0.15, 0.2) is 30.3 Å². The summed E-state index contributed by atoms with van der Waals surface area (Å²) in [6.45, 7) is 0. The lowest BCUT2D eigenvalue weighted by Gasteiger charge is -2.13. The monoisotopic (exact) mass is 280 g/mol. The average Bonchev–Trinajstić information content (AvgIpc) is 3.14. The Morgan fingerprint density at radius 3 is 2.58 bits per heavy atom. The molecule has 2 rings (SSSR count). The number of aliphatic hydroxyl groups is 1. The first kappa shape index (κ1) is 14.4. The van der Waals surface area contributed by atoms with E-state index in [2.05, 4.69) is 0 Å². The van der Waals surface area contributed by atoms with Crippen molar-refractivity contribution in [1.82, 2.24) is 0 Å². The van der Waals surface area contributed by atoms with Crippen molar-refractivity contribution in [2.45, 2.75) is 31.8 Å². The van der Waals surface area contributed by atoms with Crippen LogP contribution < -0.4 is 0 Å². The SMILES string of the molecule is O=C(O)CC1(CSCC[C@@H](O)c2ccccc2)CC1. The molecule has 0 bridgehead atoms. The number of carbonyl (C=O) groups is 1. The van der Waals surface area contributed by atoms with Crippen LogP contribution in [0.4, 0.5) is 0 Å². The van der Waals surface area contributed by atoms with E-state index in [9.17, 15) is 9.90 Å². The van der Waals surface area contributed by atoms with Gasteiger partial charge in [0, 0.05) is 0 Å². The second-order valence-corrected chi connectivity index (χ2v) is 6.44. The lowest BCUT2D eigenvalue weighted by Crippen LogP contribution is -2.11. The number of rotatable bonds is 8. The minimum atomic E-state index is -0.692. The summed E-state index contributed by atoms with van der Waals surface area (Å²) >= 11 is 1.76. The van der Waals surface area contributed by atoms with Crippen LogP contribution in [0.25, 0.3) is 0 Å². The number of aliphatic hydroxyl groups excluding tert-OH is 1. The van der Waals surface area contributed by atoms with Gasteiger partial charge in [-0.3, -0.25) is 4.79 Å². The van der Waals surface area contributed by atoms with E-state index in [1.54, 1.807) is 11.8 Å². The molecule has 3 nitrogen and oxygen atoms in total. The van der Waals surface area contributed by atoms with E-state index in [0.29, 0.717) is 6.42 Å². The first-order chi connectivity index (χ1) is 9.11. The first-order valence-electron chi connectivity index (χ1n) is 6.64. The van der Waals surface area contributed by atoms with Crippen LogP contribution in [0.2, 0.25) is 0 Å². The second kappa shape index (κ2) is 6.44. The summed E-state index contributed by atoms with van der Waals surface area (Å²) in [5.41, 5.74) is 1.00. The summed E-state index contributed by atoms with van der Waals surface area (Å²) in [6.07, 6.45) is 2.67. The molecule has 1 aromatic rings. The van der Waals surface area contributed by atoms with Crippen LogP contribution in [-0.4, -0.2) is 27.7 Å². The number of aliphatic carboxylic acids is 1. The molecule has 1 fully saturated rings. The summed E-state index contributed by atoms with van der Waals surface area (Å²) in [4.78, 5) is 10.7. The van der Waals surface area contributed by atoms with E-state index in [1.807, 2.05) is 30.3 Å². The van der Waals surface area contributed by atoms with Gasteiger partial charge in [0.25, 0.3) is 0 Å². The van der Waals surface area contributed by atoms with E-state index in [4.69, 9.17) is 5.11 Å². The van der Waals surface area contributed by atoms with Crippen molar-refractivity contribution < 1.29 is 15.0 Å². The Morgan fingerprint density at radius 2 is 2.00 bits per heavy atom. The molecule has 4 heteroatoms. The van der Waals surface area contributed by atoms with Crippen LogP contribution in [0.5, 0.6) is 0 Å². The Morgan fingerprint density at radius 1 is 1.32 bits per heavy atom. The summed E-state index contributed by atoms with van der Waals surface area (Å²) < 4.78 is 0. The Kier molecular flexibility index (Phi) is 4.88. The van der Waals surface area contributed by atoms with Crippen molar-refractivity contribution in [2.24, 2.45) is 5.41 Å². The van der Waals surface area contributed by atoms with Crippen LogP contribution >= 0.6 is 11.8 Å². The molecule has 104 valence electrons. The third kappa shape index (κ3) is 4.55. The third-order valence-corrected chi connectivity index (χ3v) is 4.95. The lowest BCUT2D eigenvalue weighted by molar-refractivity contribution is -0.138. The van der Waals surface area contributed by atoms with Gasteiger partial charge in [0.1, 0.15) is 0 Å². The van der Waals surface area contributed by atoms with E-state index in [0.717, 1.165) is 36.3 Å². The van der Waals surface area contributed by atoms with Gasteiger partial charge in [-0.1, -0.05) is 30.3 Å². The number of carboxylic acid groups (broad SMARTS) is 1. The van der Waals surface area contributed by atoms with E-state index >= 15 is 0 Å². The number of carboxylic acids is 1. The molecule has 0 aromatic heterocycles. The molecule has 1 aliphatic carbocycles. The van der Waals surface area contributed by atoms with Crippen molar-refractivity contribution in [3.8, 4) is 0 Å². The Labute approximate surface area is 118 Å². The largest absolute Gasteiger partial charge is 0.481 e. The summed E-state index contributed by atoms with van der Waals surface area (Å²) in [5.74, 6) is 1.08. The van der Waals surface area contributed by atoms with Crippen molar-refractivity contribution in [3.63, 3.8) is 0 Å². The van der Waals surface area contributed by atoms with Crippen molar-refractivity contribution in [2.75, 3.05) is 11.5 Å². The topological polar surface area (TPSA) is 57.5 Å². The Bertz CT molecular complexity index is 415. The average molecular weight is 280 g/mol. The van der Waals surface area contributed by atoms with Gasteiger partial charge in [0.05, 0.1) is 12.5 Å². The number of hydrogen-bond donors (Lipinski definition) is 2. The van der Waals surface area contributed by atoms with Crippen LogP contribution in [0.1, 0.15) is 37.4 Å². The quantitative estimate of drug-likeness (QED) is 0.718. The molecular weight excluding hydrogens is 260 g/mol. The lowest BCUT2D eigenvalue weighted by atomic mass is 10.1. The highest BCUT2D eigenvalue weighted by Gasteiger charge is 2.43. The molecule has 0 unspecified atom stereocenters. The van der Waals surface area contributed by atoms with E-state index in [1.165, 1.54) is 0 Å². The molecule has 1 aliphatic rings. The highest BCUT2D eigenvalue weighted by atomic mass is 32.2. The molecule has 0 aliphatic heterocycles. The molecule has 1 saturated carbocycles. The fraction of sp³-hybridized carbons (Fsp3) is 0.533. The Balaban J connectivity index is 1.66. The zero-order valence-electron chi connectivity index (χ0n) is 10.9. The van der Waals surface area contributed by atoms with Crippen molar-refractivity contribution in [3.05, 3.63) is 35.9 Å². The van der Waals surface area contributed by atoms with E-state index < -0.39 is 12.1 Å². The molecule has 0 radical (unpaired) electrons. The Hall–Kier alpha value is -1.00. The molecule has 0 spiro atoms. The number of benzene rings is 1. The molecule has 2 N–H and O–H groups in total. The standard InChI is InChI=1S/C15H20O3S/c16-13(12-4-2-1-3-5-12)6-9-19-11-15(7-8-15)10-14(17)18/h1-5,13,16H,6-11H2,(H,17,18)/t13-/m1/s1. The van der Waals surface area contributed by atoms with Gasteiger partial charge in [-0.05, 0) is 41.7 Å². The van der Waals surface area contributed by atoms with Gasteiger partial charge in [-0.2, -0.15) is 11.8 Å². The van der Waals surface area contributed by atoms with Gasteiger partial charge < -0.3 is 10.2 Å². The third-order valence-electron chi connectivity index (χ3n) is 3.61. The van der Waals surface area contributed by atoms with Gasteiger partial charge in [0.2, 0.25) is 0 Å². The van der Waals surface area contributed by atoms with Gasteiger partial charge >= 0.3 is 5.97 Å². The molecular formula is C15H20O3S. The summed E-state index contributed by atoms with van der Waals surface area (Å²) in [7, 11) is 0. The van der Waals surface area contributed by atoms with Gasteiger partial charge in [-0.15, -0.1) is 0 Å². The molecule has 1 atom stereocenters. The smallest absolute Gasteiger partial charge is 0.303 e. The fourth-order valence-corrected chi connectivity index (χ4v) is 3.55. The normalized spacial score (nSPS) is 17.9. The van der Waals surface area contributed by atoms with E-state index in [-0.39, 0.29) is 5.41 Å². The van der Waals surface area contributed by atoms with Crippen LogP contribution in [-0.2, 0) is 4.79 Å². The van der Waals surface area contributed by atoms with Gasteiger partial charge in [-0.25, -0.2) is 0 Å². The fourth-order valence-electron chi connectivity index (χ4n) is 2.20. The summed E-state index contributed by atoms with van der Waals surface area (Å²) in [5, 5.41) is 18.8. The molecule has 0 heterocycles. The predicted octanol–water partition coefficient (Wildman–Crippen LogP) is 3.10. The molecule has 1 aromatic carbocycles. The predicted molar refractivity (Wildman–Crippen MR) is 77.3 cm³/mol. The summed E-state index contributed by atoms with van der Waals surface area (Å²) in [6, 6.07) is 9.66. The zero-order valence-corrected chi connectivity index (χ0v) is 11.7. The minimum Gasteiger partial charge on any atom is -0.481 e. The highest BCUT2D eigenvalue weighted by molar-refractivity contribution is 7.99. The number of thioether (sulfide) groups is 1. The van der Waals surface area contributed by atoms with Crippen molar-refractivity contribution >= 4 is 17.7 Å². The highest BCUT2D eigenvalue weighted by Crippen LogP contribution is 2.51. The minimum absolute atomic E-state index is 0.0498. The van der Waals surface area contributed by atoms with Crippen molar-refractivity contribution in [1.29, 1.82) is 0 Å². The number of hydrogen-bond acceptors (Lipinski definition) is 3.